The van der Waals surface area contributed by atoms with Crippen LogP contribution in [-0.2, 0) is 9.53 Å². The number of piperidine rings is 1. The third kappa shape index (κ3) is 5.69. The number of carbonyl (C=O) groups excluding carboxylic acids is 1. The zero-order chi connectivity index (χ0) is 17.4. The van der Waals surface area contributed by atoms with Crippen molar-refractivity contribution in [1.82, 2.24) is 0 Å². The fourth-order valence-corrected chi connectivity index (χ4v) is 2.98. The summed E-state index contributed by atoms with van der Waals surface area (Å²) >= 11 is 0. The lowest BCUT2D eigenvalue weighted by Gasteiger charge is -2.29. The van der Waals surface area contributed by atoms with Crippen LogP contribution >= 0.6 is 0 Å². The Kier molecular flexibility index (Phi) is 7.34. The van der Waals surface area contributed by atoms with E-state index >= 15 is 0 Å². The Bertz CT molecular complexity index is 497. The van der Waals surface area contributed by atoms with E-state index in [-0.39, 0.29) is 18.5 Å². The lowest BCUT2D eigenvalue weighted by Crippen LogP contribution is -3.14. The van der Waals surface area contributed by atoms with Crippen LogP contribution in [0.15, 0.2) is 24.3 Å². The second-order valence-corrected chi connectivity index (χ2v) is 6.12. The molecule has 0 aromatic heterocycles. The molecule has 0 aliphatic carbocycles. The number of hydrogen-bond acceptors (Lipinski definition) is 5. The Labute approximate surface area is 143 Å². The number of aliphatic hydroxyl groups excluding tert-OH is 1. The van der Waals surface area contributed by atoms with Crippen LogP contribution in [0.5, 0.6) is 11.5 Å². The van der Waals surface area contributed by atoms with Gasteiger partial charge in [0.2, 0.25) is 0 Å². The number of ether oxygens (including phenoxy) is 3. The van der Waals surface area contributed by atoms with Gasteiger partial charge in [0.05, 0.1) is 32.7 Å². The van der Waals surface area contributed by atoms with Gasteiger partial charge < -0.3 is 24.2 Å². The van der Waals surface area contributed by atoms with E-state index in [4.69, 9.17) is 14.2 Å². The van der Waals surface area contributed by atoms with Crippen molar-refractivity contribution in [3.63, 3.8) is 0 Å². The molecule has 2 rings (SSSR count). The smallest absolute Gasteiger partial charge is 0.309 e. The van der Waals surface area contributed by atoms with Crippen LogP contribution in [-0.4, -0.2) is 57.1 Å². The summed E-state index contributed by atoms with van der Waals surface area (Å²) in [6, 6.07) is 7.30. The van der Waals surface area contributed by atoms with Crippen LogP contribution in [0.1, 0.15) is 19.8 Å². The molecule has 24 heavy (non-hydrogen) atoms. The largest absolute Gasteiger partial charge is 0.497 e. The molecule has 0 bridgehead atoms. The molecular weight excluding hydrogens is 310 g/mol. The van der Waals surface area contributed by atoms with E-state index in [1.54, 1.807) is 7.11 Å². The summed E-state index contributed by atoms with van der Waals surface area (Å²) in [6.45, 7) is 4.92. The van der Waals surface area contributed by atoms with E-state index < -0.39 is 6.10 Å². The molecule has 2 N–H and O–H groups in total. The quantitative estimate of drug-likeness (QED) is 0.667. The third-order valence-electron chi connectivity index (χ3n) is 4.34. The molecule has 1 aliphatic rings. The van der Waals surface area contributed by atoms with Crippen LogP contribution in [0.3, 0.4) is 0 Å². The van der Waals surface area contributed by atoms with Crippen LogP contribution in [0.2, 0.25) is 0 Å². The highest BCUT2D eigenvalue weighted by Gasteiger charge is 2.29. The van der Waals surface area contributed by atoms with E-state index in [2.05, 4.69) is 0 Å². The molecule has 6 nitrogen and oxygen atoms in total. The number of quaternary nitrogens is 1. The van der Waals surface area contributed by atoms with Crippen molar-refractivity contribution in [2.75, 3.05) is 40.0 Å². The van der Waals surface area contributed by atoms with Gasteiger partial charge in [-0.2, -0.15) is 0 Å². The molecule has 1 aromatic rings. The normalized spacial score (nSPS) is 21.8. The molecule has 1 aliphatic heterocycles. The number of rotatable bonds is 8. The molecule has 0 amide bonds. The van der Waals surface area contributed by atoms with Crippen molar-refractivity contribution in [3.8, 4) is 11.5 Å². The average molecular weight is 338 g/mol. The Balaban J connectivity index is 1.67. The summed E-state index contributed by atoms with van der Waals surface area (Å²) in [5.74, 6) is 1.42. The molecule has 1 atom stereocenters. The van der Waals surface area contributed by atoms with Gasteiger partial charge in [-0.15, -0.1) is 0 Å². The predicted molar refractivity (Wildman–Crippen MR) is 89.4 cm³/mol. The number of benzene rings is 1. The molecule has 0 unspecified atom stereocenters. The number of esters is 1. The van der Waals surface area contributed by atoms with Crippen molar-refractivity contribution >= 4 is 5.97 Å². The zero-order valence-corrected chi connectivity index (χ0v) is 14.5. The number of carbonyl (C=O) groups is 1. The molecule has 1 fully saturated rings. The van der Waals surface area contributed by atoms with Gasteiger partial charge in [-0.05, 0) is 31.2 Å². The number of methoxy groups -OCH3 is 1. The summed E-state index contributed by atoms with van der Waals surface area (Å²) < 4.78 is 15.8. The second kappa shape index (κ2) is 9.49. The summed E-state index contributed by atoms with van der Waals surface area (Å²) in [6.07, 6.45) is 1.11. The number of aliphatic hydroxyl groups is 1. The van der Waals surface area contributed by atoms with Gasteiger partial charge in [0, 0.05) is 12.8 Å². The predicted octanol–water partition coefficient (Wildman–Crippen LogP) is 0.293. The zero-order valence-electron chi connectivity index (χ0n) is 14.5. The lowest BCUT2D eigenvalue weighted by molar-refractivity contribution is -0.908. The molecule has 134 valence electrons. The van der Waals surface area contributed by atoms with Crippen molar-refractivity contribution in [1.29, 1.82) is 0 Å². The molecule has 1 heterocycles. The molecule has 0 saturated carbocycles. The third-order valence-corrected chi connectivity index (χ3v) is 4.34. The highest BCUT2D eigenvalue weighted by atomic mass is 16.5. The van der Waals surface area contributed by atoms with Crippen LogP contribution in [0.25, 0.3) is 0 Å². The average Bonchev–Trinajstić information content (AvgIpc) is 2.61. The summed E-state index contributed by atoms with van der Waals surface area (Å²) in [4.78, 5) is 13.0. The Morgan fingerprint density at radius 2 is 1.88 bits per heavy atom. The molecule has 1 aromatic carbocycles. The maximum Gasteiger partial charge on any atom is 0.309 e. The standard InChI is InChI=1S/C18H27NO5/c1-3-23-18(21)14-8-10-19(11-9-14)12-15(20)13-24-17-6-4-16(22-2)5-7-17/h4-7,14-15,20H,3,8-13H2,1-2H3/p+1/t15-/m1/s1. The van der Waals surface area contributed by atoms with Crippen molar-refractivity contribution in [3.05, 3.63) is 24.3 Å². The lowest BCUT2D eigenvalue weighted by atomic mass is 9.97. The van der Waals surface area contributed by atoms with E-state index in [0.29, 0.717) is 18.9 Å². The first kappa shape index (κ1) is 18.5. The maximum absolute atomic E-state index is 11.7. The summed E-state index contributed by atoms with van der Waals surface area (Å²) in [5.41, 5.74) is 0. The number of hydrogen-bond donors (Lipinski definition) is 2. The minimum Gasteiger partial charge on any atom is -0.497 e. The molecule has 1 saturated heterocycles. The SMILES string of the molecule is CCOC(=O)C1CC[NH+](C[C@@H](O)COc2ccc(OC)cc2)CC1. The minimum atomic E-state index is -0.527. The topological polar surface area (TPSA) is 69.4 Å². The minimum absolute atomic E-state index is 0.0152. The van der Waals surface area contributed by atoms with E-state index in [9.17, 15) is 9.90 Å². The first-order valence-electron chi connectivity index (χ1n) is 8.57. The number of likely N-dealkylation sites (tertiary alicyclic amines) is 1. The first-order valence-corrected chi connectivity index (χ1v) is 8.57. The van der Waals surface area contributed by atoms with E-state index in [1.807, 2.05) is 31.2 Å². The van der Waals surface area contributed by atoms with Crippen LogP contribution in [0.4, 0.5) is 0 Å². The Morgan fingerprint density at radius 3 is 2.46 bits per heavy atom. The van der Waals surface area contributed by atoms with E-state index in [1.165, 1.54) is 4.90 Å². The maximum atomic E-state index is 11.7. The van der Waals surface area contributed by atoms with Crippen molar-refractivity contribution in [2.45, 2.75) is 25.9 Å². The number of nitrogens with one attached hydrogen (secondary N) is 1. The van der Waals surface area contributed by atoms with Gasteiger partial charge in [0.25, 0.3) is 0 Å². The first-order chi connectivity index (χ1) is 11.6. The van der Waals surface area contributed by atoms with Gasteiger partial charge in [0.1, 0.15) is 30.8 Å². The second-order valence-electron chi connectivity index (χ2n) is 6.12. The van der Waals surface area contributed by atoms with E-state index in [0.717, 1.165) is 31.7 Å². The van der Waals surface area contributed by atoms with Crippen LogP contribution < -0.4 is 14.4 Å². The molecule has 0 spiro atoms. The fraction of sp³-hybridized carbons (Fsp3) is 0.611. The van der Waals surface area contributed by atoms with Gasteiger partial charge in [-0.25, -0.2) is 0 Å². The Morgan fingerprint density at radius 1 is 1.25 bits per heavy atom. The summed E-state index contributed by atoms with van der Waals surface area (Å²) in [7, 11) is 1.62. The van der Waals surface area contributed by atoms with Gasteiger partial charge >= 0.3 is 5.97 Å². The van der Waals surface area contributed by atoms with Crippen LogP contribution in [0, 0.1) is 5.92 Å². The Hall–Kier alpha value is -1.79. The highest BCUT2D eigenvalue weighted by molar-refractivity contribution is 5.72. The molecule has 0 radical (unpaired) electrons. The van der Waals surface area contributed by atoms with Crippen molar-refractivity contribution in [2.24, 2.45) is 5.92 Å². The van der Waals surface area contributed by atoms with Gasteiger partial charge in [-0.1, -0.05) is 0 Å². The molecular formula is C18H28NO5+. The summed E-state index contributed by atoms with van der Waals surface area (Å²) in [5, 5.41) is 10.2. The highest BCUT2D eigenvalue weighted by Crippen LogP contribution is 2.17. The molecule has 6 heteroatoms. The van der Waals surface area contributed by atoms with Crippen molar-refractivity contribution < 1.29 is 29.0 Å². The fourth-order valence-electron chi connectivity index (χ4n) is 2.98. The monoisotopic (exact) mass is 338 g/mol. The van der Waals surface area contributed by atoms with Gasteiger partial charge in [0.15, 0.2) is 0 Å². The van der Waals surface area contributed by atoms with Gasteiger partial charge in [-0.3, -0.25) is 4.79 Å².